The molecule has 4 aromatic rings. The van der Waals surface area contributed by atoms with E-state index in [2.05, 4.69) is 52.1 Å². The quantitative estimate of drug-likeness (QED) is 0.421. The maximum absolute atomic E-state index is 6.12. The van der Waals surface area contributed by atoms with Gasteiger partial charge in [0, 0.05) is 21.8 Å². The average Bonchev–Trinajstić information content (AvgIpc) is 3.09. The fourth-order valence-corrected chi connectivity index (χ4v) is 2.89. The Bertz CT molecular complexity index is 928. The van der Waals surface area contributed by atoms with E-state index in [0.29, 0.717) is 5.89 Å². The smallest absolute Gasteiger partial charge is 0.246 e. The summed E-state index contributed by atoms with van der Waals surface area (Å²) in [5.74, 6) is 1.27. The fraction of sp³-hybridized carbons (Fsp3) is 0.0476. The minimum Gasteiger partial charge on any atom is -0.434 e. The van der Waals surface area contributed by atoms with Crippen molar-refractivity contribution in [2.45, 2.75) is 6.92 Å². The zero-order chi connectivity index (χ0) is 17.2. The first-order valence-corrected chi connectivity index (χ1v) is 8.75. The summed E-state index contributed by atoms with van der Waals surface area (Å²) in [6.45, 7) is 2.07. The second kappa shape index (κ2) is 6.65. The molecule has 4 heteroatoms. The Labute approximate surface area is 154 Å². The first-order chi connectivity index (χ1) is 12.2. The van der Waals surface area contributed by atoms with Crippen LogP contribution in [-0.2, 0) is 0 Å². The fourth-order valence-electron chi connectivity index (χ4n) is 2.62. The summed E-state index contributed by atoms with van der Waals surface area (Å²) >= 11 is 3.48. The predicted octanol–water partition coefficient (Wildman–Crippen LogP) is 6.14. The molecule has 0 radical (unpaired) electrons. The van der Waals surface area contributed by atoms with E-state index in [0.717, 1.165) is 32.7 Å². The summed E-state index contributed by atoms with van der Waals surface area (Å²) in [5.41, 5.74) is 4.76. The predicted molar refractivity (Wildman–Crippen MR) is 103 cm³/mol. The van der Waals surface area contributed by atoms with Crippen LogP contribution in [0.15, 0.2) is 81.8 Å². The summed E-state index contributed by atoms with van der Waals surface area (Å²) in [6.07, 6.45) is 1.74. The molecule has 0 spiro atoms. The second-order valence-corrected chi connectivity index (χ2v) is 6.70. The largest absolute Gasteiger partial charge is 0.434 e. The molecule has 0 fully saturated rings. The van der Waals surface area contributed by atoms with Crippen LogP contribution >= 0.6 is 15.9 Å². The van der Waals surface area contributed by atoms with E-state index in [4.69, 9.17) is 9.40 Å². The number of hydrogen-bond donors (Lipinski definition) is 0. The minimum atomic E-state index is 0.522. The van der Waals surface area contributed by atoms with Crippen molar-refractivity contribution in [3.63, 3.8) is 0 Å². The molecule has 0 aliphatic rings. The van der Waals surface area contributed by atoms with Crippen LogP contribution in [0.5, 0.6) is 0 Å². The van der Waals surface area contributed by atoms with E-state index >= 15 is 0 Å². The van der Waals surface area contributed by atoms with Gasteiger partial charge in [0.15, 0.2) is 5.76 Å². The van der Waals surface area contributed by atoms with Gasteiger partial charge in [-0.2, -0.15) is 0 Å². The Morgan fingerprint density at radius 3 is 2.24 bits per heavy atom. The Morgan fingerprint density at radius 2 is 1.56 bits per heavy atom. The van der Waals surface area contributed by atoms with Crippen LogP contribution in [-0.4, -0.2) is 9.97 Å². The standard InChI is InChI=1S/C21H15BrN2O/c1-14-5-7-15(8-6-14)19-20(16-9-11-17(22)12-10-16)25-21(24-19)18-4-2-3-13-23-18/h2-13H,1H3. The number of aryl methyl sites for hydroxylation is 1. The van der Waals surface area contributed by atoms with Gasteiger partial charge in [-0.1, -0.05) is 64.0 Å². The van der Waals surface area contributed by atoms with Crippen LogP contribution in [0, 0.1) is 6.92 Å². The molecule has 0 aliphatic carbocycles. The van der Waals surface area contributed by atoms with Crippen LogP contribution in [0.3, 0.4) is 0 Å². The Kier molecular flexibility index (Phi) is 4.20. The van der Waals surface area contributed by atoms with Gasteiger partial charge in [0.2, 0.25) is 5.89 Å². The summed E-state index contributed by atoms with van der Waals surface area (Å²) in [7, 11) is 0. The third-order valence-corrected chi connectivity index (χ3v) is 4.47. The molecule has 0 aliphatic heterocycles. The number of hydrogen-bond acceptors (Lipinski definition) is 3. The van der Waals surface area contributed by atoms with Gasteiger partial charge in [0.25, 0.3) is 0 Å². The number of nitrogens with zero attached hydrogens (tertiary/aromatic N) is 2. The molecular weight excluding hydrogens is 376 g/mol. The highest BCUT2D eigenvalue weighted by molar-refractivity contribution is 9.10. The molecule has 2 heterocycles. The van der Waals surface area contributed by atoms with Crippen LogP contribution in [0.2, 0.25) is 0 Å². The number of oxazole rings is 1. The number of benzene rings is 2. The van der Waals surface area contributed by atoms with Crippen molar-refractivity contribution in [3.8, 4) is 34.2 Å². The molecule has 0 N–H and O–H groups in total. The van der Waals surface area contributed by atoms with Crippen molar-refractivity contribution < 1.29 is 4.42 Å². The maximum atomic E-state index is 6.12. The normalized spacial score (nSPS) is 10.8. The van der Waals surface area contributed by atoms with Crippen LogP contribution < -0.4 is 0 Å². The Morgan fingerprint density at radius 1 is 0.840 bits per heavy atom. The zero-order valence-corrected chi connectivity index (χ0v) is 15.2. The van der Waals surface area contributed by atoms with Crippen LogP contribution in [0.1, 0.15) is 5.56 Å². The lowest BCUT2D eigenvalue weighted by Gasteiger charge is -2.02. The van der Waals surface area contributed by atoms with Gasteiger partial charge in [0.05, 0.1) is 0 Å². The molecule has 0 unspecified atom stereocenters. The van der Waals surface area contributed by atoms with Crippen LogP contribution in [0.4, 0.5) is 0 Å². The highest BCUT2D eigenvalue weighted by atomic mass is 79.9. The molecule has 2 aromatic carbocycles. The van der Waals surface area contributed by atoms with Crippen molar-refractivity contribution in [1.29, 1.82) is 0 Å². The molecule has 0 bridgehead atoms. The highest BCUT2D eigenvalue weighted by Crippen LogP contribution is 2.35. The number of halogens is 1. The highest BCUT2D eigenvalue weighted by Gasteiger charge is 2.18. The summed E-state index contributed by atoms with van der Waals surface area (Å²) in [4.78, 5) is 9.09. The first kappa shape index (κ1) is 15.8. The molecule has 2 aromatic heterocycles. The van der Waals surface area contributed by atoms with Crippen molar-refractivity contribution in [2.24, 2.45) is 0 Å². The van der Waals surface area contributed by atoms with Gasteiger partial charge >= 0.3 is 0 Å². The number of aromatic nitrogens is 2. The van der Waals surface area contributed by atoms with Gasteiger partial charge in [-0.3, -0.25) is 4.98 Å². The van der Waals surface area contributed by atoms with Crippen molar-refractivity contribution in [3.05, 3.63) is 83.0 Å². The third-order valence-electron chi connectivity index (χ3n) is 3.94. The van der Waals surface area contributed by atoms with Crippen LogP contribution in [0.25, 0.3) is 34.2 Å². The molecule has 122 valence electrons. The Hall–Kier alpha value is -2.72. The van der Waals surface area contributed by atoms with Gasteiger partial charge in [-0.05, 0) is 31.2 Å². The van der Waals surface area contributed by atoms with E-state index in [1.807, 2.05) is 42.5 Å². The lowest BCUT2D eigenvalue weighted by molar-refractivity contribution is 0.586. The van der Waals surface area contributed by atoms with Gasteiger partial charge in [-0.15, -0.1) is 0 Å². The molecule has 0 saturated heterocycles. The molecular formula is C21H15BrN2O. The topological polar surface area (TPSA) is 38.9 Å². The lowest BCUT2D eigenvalue weighted by Crippen LogP contribution is -1.84. The van der Waals surface area contributed by atoms with Crippen molar-refractivity contribution in [2.75, 3.05) is 0 Å². The van der Waals surface area contributed by atoms with E-state index in [1.165, 1.54) is 5.56 Å². The number of rotatable bonds is 3. The monoisotopic (exact) mass is 390 g/mol. The van der Waals surface area contributed by atoms with Gasteiger partial charge in [0.1, 0.15) is 11.4 Å². The molecule has 0 atom stereocenters. The molecule has 25 heavy (non-hydrogen) atoms. The number of pyridine rings is 1. The van der Waals surface area contributed by atoms with Crippen molar-refractivity contribution in [1.82, 2.24) is 9.97 Å². The summed E-state index contributed by atoms with van der Waals surface area (Å²) < 4.78 is 7.15. The van der Waals surface area contributed by atoms with Gasteiger partial charge < -0.3 is 4.42 Å². The van der Waals surface area contributed by atoms with E-state index in [-0.39, 0.29) is 0 Å². The maximum Gasteiger partial charge on any atom is 0.246 e. The minimum absolute atomic E-state index is 0.522. The van der Waals surface area contributed by atoms with E-state index < -0.39 is 0 Å². The molecule has 0 saturated carbocycles. The average molecular weight is 391 g/mol. The molecule has 4 rings (SSSR count). The third kappa shape index (κ3) is 3.26. The summed E-state index contributed by atoms with van der Waals surface area (Å²) in [5, 5.41) is 0. The van der Waals surface area contributed by atoms with Gasteiger partial charge in [-0.25, -0.2) is 4.98 Å². The van der Waals surface area contributed by atoms with Crippen molar-refractivity contribution >= 4 is 15.9 Å². The molecule has 3 nitrogen and oxygen atoms in total. The lowest BCUT2D eigenvalue weighted by atomic mass is 10.0. The second-order valence-electron chi connectivity index (χ2n) is 5.78. The van der Waals surface area contributed by atoms with E-state index in [9.17, 15) is 0 Å². The Balaban J connectivity index is 1.89. The van der Waals surface area contributed by atoms with E-state index in [1.54, 1.807) is 6.20 Å². The molecule has 0 amide bonds. The summed E-state index contributed by atoms with van der Waals surface area (Å²) in [6, 6.07) is 22.0. The zero-order valence-electron chi connectivity index (χ0n) is 13.6. The first-order valence-electron chi connectivity index (χ1n) is 7.96. The SMILES string of the molecule is Cc1ccc(-c2nc(-c3ccccn3)oc2-c2ccc(Br)cc2)cc1.